The van der Waals surface area contributed by atoms with Crippen LogP contribution in [0.2, 0.25) is 0 Å². The number of benzene rings is 1. The van der Waals surface area contributed by atoms with Gasteiger partial charge in [-0.1, -0.05) is 35.9 Å². The lowest BCUT2D eigenvalue weighted by Crippen LogP contribution is -2.02. The smallest absolute Gasteiger partial charge is 0.127 e. The van der Waals surface area contributed by atoms with E-state index in [1.54, 1.807) is 4.68 Å². The molecule has 0 aliphatic heterocycles. The summed E-state index contributed by atoms with van der Waals surface area (Å²) in [7, 11) is 0. The first-order valence-corrected chi connectivity index (χ1v) is 4.70. The fourth-order valence-corrected chi connectivity index (χ4v) is 1.41. The van der Waals surface area contributed by atoms with Crippen LogP contribution in [0.4, 0.5) is 0 Å². The number of nitrogens with zero attached hydrogens (tertiary/aromatic N) is 3. The van der Waals surface area contributed by atoms with E-state index in [4.69, 9.17) is 11.6 Å². The molecule has 0 aliphatic rings. The minimum absolute atomic E-state index is 0.104. The van der Waals surface area contributed by atoms with Gasteiger partial charge in [-0.25, -0.2) is 4.68 Å². The number of alkyl halides is 1. The maximum atomic E-state index is 6.07. The van der Waals surface area contributed by atoms with Gasteiger partial charge in [0.2, 0.25) is 0 Å². The second-order valence-corrected chi connectivity index (χ2v) is 3.37. The summed E-state index contributed by atoms with van der Waals surface area (Å²) in [5.41, 5.74) is 1.78. The molecule has 0 fully saturated rings. The van der Waals surface area contributed by atoms with Crippen molar-refractivity contribution >= 4 is 22.6 Å². The van der Waals surface area contributed by atoms with Crippen molar-refractivity contribution in [2.75, 3.05) is 0 Å². The number of fused-ring (bicyclic) bond motifs is 1. The summed E-state index contributed by atoms with van der Waals surface area (Å²) < 4.78 is 1.75. The van der Waals surface area contributed by atoms with Crippen LogP contribution in [0.1, 0.15) is 18.8 Å². The van der Waals surface area contributed by atoms with Crippen molar-refractivity contribution in [1.29, 1.82) is 0 Å². The van der Waals surface area contributed by atoms with Gasteiger partial charge in [0.1, 0.15) is 11.0 Å². The van der Waals surface area contributed by atoms with Crippen LogP contribution < -0.4 is 0 Å². The highest BCUT2D eigenvalue weighted by atomic mass is 35.5. The van der Waals surface area contributed by atoms with Gasteiger partial charge >= 0.3 is 0 Å². The highest BCUT2D eigenvalue weighted by molar-refractivity contribution is 6.19. The zero-order valence-electron chi connectivity index (χ0n) is 7.31. The molecule has 1 aromatic heterocycles. The number of hydrogen-bond donors (Lipinski definition) is 0. The number of rotatable bonds is 2. The van der Waals surface area contributed by atoms with Gasteiger partial charge in [0.15, 0.2) is 0 Å². The minimum Gasteiger partial charge on any atom is -0.227 e. The molecule has 0 N–H and O–H groups in total. The fourth-order valence-electron chi connectivity index (χ4n) is 1.27. The van der Waals surface area contributed by atoms with Gasteiger partial charge in [-0.2, -0.15) is 0 Å². The molecule has 1 heterocycles. The molecule has 0 saturated heterocycles. The molecule has 0 spiro atoms. The van der Waals surface area contributed by atoms with Crippen LogP contribution in [0.3, 0.4) is 0 Å². The highest BCUT2D eigenvalue weighted by Gasteiger charge is 2.09. The second-order valence-electron chi connectivity index (χ2n) is 2.87. The Morgan fingerprint density at radius 3 is 3.00 bits per heavy atom. The number of hydrogen-bond acceptors (Lipinski definition) is 2. The van der Waals surface area contributed by atoms with Crippen LogP contribution in [0.15, 0.2) is 24.3 Å². The van der Waals surface area contributed by atoms with Crippen LogP contribution in [-0.4, -0.2) is 15.0 Å². The molecule has 1 unspecified atom stereocenters. The Bertz CT molecular complexity index is 410. The molecular formula is C9H10ClN3. The average molecular weight is 196 g/mol. The third-order valence-electron chi connectivity index (χ3n) is 1.98. The molecule has 1 atom stereocenters. The Morgan fingerprint density at radius 1 is 1.46 bits per heavy atom. The van der Waals surface area contributed by atoms with E-state index in [1.165, 1.54) is 0 Å². The summed E-state index contributed by atoms with van der Waals surface area (Å²) in [5, 5.41) is 8.02. The molecule has 4 heteroatoms. The Balaban J connectivity index is 2.57. The molecule has 2 rings (SSSR count). The van der Waals surface area contributed by atoms with E-state index in [9.17, 15) is 0 Å². The molecule has 0 amide bonds. The van der Waals surface area contributed by atoms with Crippen molar-refractivity contribution in [1.82, 2.24) is 15.0 Å². The normalized spacial score (nSPS) is 13.4. The first-order chi connectivity index (χ1) is 6.33. The van der Waals surface area contributed by atoms with Crippen molar-refractivity contribution in [2.24, 2.45) is 0 Å². The number of halogens is 1. The highest BCUT2D eigenvalue weighted by Crippen LogP contribution is 2.20. The van der Waals surface area contributed by atoms with E-state index in [0.717, 1.165) is 17.5 Å². The third kappa shape index (κ3) is 1.40. The van der Waals surface area contributed by atoms with E-state index in [-0.39, 0.29) is 5.50 Å². The lowest BCUT2D eigenvalue weighted by molar-refractivity contribution is 0.571. The molecule has 0 radical (unpaired) electrons. The van der Waals surface area contributed by atoms with Crippen molar-refractivity contribution in [3.8, 4) is 0 Å². The maximum absolute atomic E-state index is 6.07. The van der Waals surface area contributed by atoms with Crippen LogP contribution in [0.25, 0.3) is 11.0 Å². The van der Waals surface area contributed by atoms with Crippen LogP contribution in [0.5, 0.6) is 0 Å². The predicted octanol–water partition coefficient (Wildman–Crippen LogP) is 2.58. The fraction of sp³-hybridized carbons (Fsp3) is 0.333. The zero-order chi connectivity index (χ0) is 9.26. The van der Waals surface area contributed by atoms with Gasteiger partial charge < -0.3 is 0 Å². The van der Waals surface area contributed by atoms with Crippen LogP contribution in [-0.2, 0) is 0 Å². The Kier molecular flexibility index (Phi) is 2.19. The SMILES string of the molecule is CCC(Cl)n1nnc2ccccc21. The van der Waals surface area contributed by atoms with Crippen molar-refractivity contribution in [3.05, 3.63) is 24.3 Å². The van der Waals surface area contributed by atoms with Crippen LogP contribution >= 0.6 is 11.6 Å². The van der Waals surface area contributed by atoms with Crippen molar-refractivity contribution < 1.29 is 0 Å². The second kappa shape index (κ2) is 3.34. The first kappa shape index (κ1) is 8.51. The molecule has 2 aromatic rings. The standard InChI is InChI=1S/C9H10ClN3/c1-2-9(10)13-8-6-4-3-5-7(8)11-12-13/h3-6,9H,2H2,1H3. The summed E-state index contributed by atoms with van der Waals surface area (Å²) in [4.78, 5) is 0. The Morgan fingerprint density at radius 2 is 2.23 bits per heavy atom. The third-order valence-corrected chi connectivity index (χ3v) is 2.47. The van der Waals surface area contributed by atoms with Gasteiger partial charge in [-0.05, 0) is 18.6 Å². The quantitative estimate of drug-likeness (QED) is 0.690. The molecule has 1 aromatic carbocycles. The summed E-state index contributed by atoms with van der Waals surface area (Å²) in [6, 6.07) is 7.80. The molecule has 68 valence electrons. The summed E-state index contributed by atoms with van der Waals surface area (Å²) >= 11 is 6.07. The molecule has 0 aliphatic carbocycles. The van der Waals surface area contributed by atoms with Gasteiger partial charge in [0.05, 0.1) is 5.52 Å². The van der Waals surface area contributed by atoms with Gasteiger partial charge in [0.25, 0.3) is 0 Å². The van der Waals surface area contributed by atoms with Gasteiger partial charge in [-0.15, -0.1) is 5.10 Å². The van der Waals surface area contributed by atoms with E-state index in [0.29, 0.717) is 0 Å². The van der Waals surface area contributed by atoms with Crippen LogP contribution in [0, 0.1) is 0 Å². The summed E-state index contributed by atoms with van der Waals surface area (Å²) in [6.07, 6.45) is 0.842. The minimum atomic E-state index is -0.104. The number of aromatic nitrogens is 3. The predicted molar refractivity (Wildman–Crippen MR) is 52.7 cm³/mol. The topological polar surface area (TPSA) is 30.7 Å². The maximum Gasteiger partial charge on any atom is 0.127 e. The molecule has 3 nitrogen and oxygen atoms in total. The summed E-state index contributed by atoms with van der Waals surface area (Å²) in [5.74, 6) is 0. The molecule has 0 saturated carbocycles. The summed E-state index contributed by atoms with van der Waals surface area (Å²) in [6.45, 7) is 2.02. The molecular weight excluding hydrogens is 186 g/mol. The van der Waals surface area contributed by atoms with Crippen molar-refractivity contribution in [2.45, 2.75) is 18.8 Å². The largest absolute Gasteiger partial charge is 0.227 e. The average Bonchev–Trinajstić information content (AvgIpc) is 2.60. The van der Waals surface area contributed by atoms with Gasteiger partial charge in [0, 0.05) is 0 Å². The monoisotopic (exact) mass is 195 g/mol. The van der Waals surface area contributed by atoms with E-state index >= 15 is 0 Å². The van der Waals surface area contributed by atoms with Crippen molar-refractivity contribution in [3.63, 3.8) is 0 Å². The lowest BCUT2D eigenvalue weighted by Gasteiger charge is -2.05. The Labute approximate surface area is 81.3 Å². The van der Waals surface area contributed by atoms with E-state index < -0.39 is 0 Å². The van der Waals surface area contributed by atoms with Gasteiger partial charge in [-0.3, -0.25) is 0 Å². The zero-order valence-corrected chi connectivity index (χ0v) is 8.07. The molecule has 13 heavy (non-hydrogen) atoms. The first-order valence-electron chi connectivity index (χ1n) is 4.27. The lowest BCUT2D eigenvalue weighted by atomic mass is 10.3. The van der Waals surface area contributed by atoms with E-state index in [1.807, 2.05) is 31.2 Å². The Hall–Kier alpha value is -1.09. The molecule has 0 bridgehead atoms. The number of para-hydroxylation sites is 1. The van der Waals surface area contributed by atoms with E-state index in [2.05, 4.69) is 10.3 Å².